The van der Waals surface area contributed by atoms with Crippen molar-refractivity contribution in [2.45, 2.75) is 18.4 Å². The molecule has 0 radical (unpaired) electrons. The third-order valence-corrected chi connectivity index (χ3v) is 5.31. The molecule has 0 fully saturated rings. The Morgan fingerprint density at radius 3 is 2.17 bits per heavy atom. The maximum Gasteiger partial charge on any atom is 0.243 e. The Morgan fingerprint density at radius 1 is 1.04 bits per heavy atom. The predicted molar refractivity (Wildman–Crippen MR) is 87.6 cm³/mol. The molecule has 0 spiro atoms. The largest absolute Gasteiger partial charge is 0.395 e. The summed E-state index contributed by atoms with van der Waals surface area (Å²) in [5.41, 5.74) is 1.30. The minimum absolute atomic E-state index is 0.00564. The Kier molecular flexibility index (Phi) is 5.65. The number of hydrogen-bond donors (Lipinski definition) is 1. The van der Waals surface area contributed by atoms with Gasteiger partial charge in [-0.2, -0.15) is 4.31 Å². The van der Waals surface area contributed by atoms with Crippen LogP contribution < -0.4 is 0 Å². The Bertz CT molecular complexity index is 755. The Labute approximate surface area is 136 Å². The number of hydrogen-bond acceptors (Lipinski definition) is 4. The first-order valence-corrected chi connectivity index (χ1v) is 8.65. The number of nitrogens with zero attached hydrogens (tertiary/aromatic N) is 1. The van der Waals surface area contributed by atoms with Crippen LogP contribution in [0, 0.1) is 0 Å². The summed E-state index contributed by atoms with van der Waals surface area (Å²) in [5.74, 6) is -0.120. The Hall–Kier alpha value is -2.02. The lowest BCUT2D eigenvalue weighted by atomic mass is 10.2. The average Bonchev–Trinajstić information content (AvgIpc) is 2.55. The van der Waals surface area contributed by atoms with Crippen LogP contribution in [0.5, 0.6) is 0 Å². The fourth-order valence-electron chi connectivity index (χ4n) is 2.19. The van der Waals surface area contributed by atoms with Crippen molar-refractivity contribution in [3.05, 3.63) is 65.7 Å². The molecule has 0 amide bonds. The van der Waals surface area contributed by atoms with Crippen molar-refractivity contribution in [1.82, 2.24) is 4.31 Å². The second-order valence-corrected chi connectivity index (χ2v) is 7.07. The summed E-state index contributed by atoms with van der Waals surface area (Å²) in [5, 5.41) is 9.19. The minimum Gasteiger partial charge on any atom is -0.395 e. The van der Waals surface area contributed by atoms with Crippen LogP contribution in [0.1, 0.15) is 22.8 Å². The van der Waals surface area contributed by atoms with Crippen molar-refractivity contribution >= 4 is 15.8 Å². The second kappa shape index (κ2) is 7.50. The van der Waals surface area contributed by atoms with Crippen LogP contribution in [0.3, 0.4) is 0 Å². The molecule has 2 rings (SSSR count). The third kappa shape index (κ3) is 4.25. The van der Waals surface area contributed by atoms with E-state index in [4.69, 9.17) is 0 Å². The Balaban J connectivity index is 2.30. The second-order valence-electron chi connectivity index (χ2n) is 5.13. The highest BCUT2D eigenvalue weighted by Crippen LogP contribution is 2.19. The summed E-state index contributed by atoms with van der Waals surface area (Å²) in [6.07, 6.45) is 0. The van der Waals surface area contributed by atoms with Crippen molar-refractivity contribution in [1.29, 1.82) is 0 Å². The summed E-state index contributed by atoms with van der Waals surface area (Å²) in [6, 6.07) is 15.0. The molecule has 2 aromatic carbocycles. The number of ketones is 1. The highest BCUT2D eigenvalue weighted by Gasteiger charge is 2.24. The first-order valence-electron chi connectivity index (χ1n) is 7.21. The number of carbonyl (C=O) groups excluding carboxylic acids is 1. The highest BCUT2D eigenvalue weighted by atomic mass is 32.2. The first-order chi connectivity index (χ1) is 10.9. The summed E-state index contributed by atoms with van der Waals surface area (Å²) >= 11 is 0. The van der Waals surface area contributed by atoms with E-state index in [0.717, 1.165) is 5.56 Å². The quantitative estimate of drug-likeness (QED) is 0.787. The molecule has 5 nitrogen and oxygen atoms in total. The molecule has 0 unspecified atom stereocenters. The zero-order chi connectivity index (χ0) is 16.9. The lowest BCUT2D eigenvalue weighted by Crippen LogP contribution is -2.33. The maximum atomic E-state index is 12.7. The number of Topliss-reactive ketones (excluding diaryl/α,β-unsaturated/α-hetero) is 1. The van der Waals surface area contributed by atoms with Gasteiger partial charge in [-0.15, -0.1) is 0 Å². The van der Waals surface area contributed by atoms with Gasteiger partial charge in [0.2, 0.25) is 10.0 Å². The minimum atomic E-state index is -3.74. The number of rotatable bonds is 7. The lowest BCUT2D eigenvalue weighted by Gasteiger charge is -2.21. The molecule has 23 heavy (non-hydrogen) atoms. The fourth-order valence-corrected chi connectivity index (χ4v) is 3.61. The van der Waals surface area contributed by atoms with Crippen LogP contribution in [-0.4, -0.2) is 36.8 Å². The number of aliphatic hydroxyl groups excluding tert-OH is 1. The van der Waals surface area contributed by atoms with Gasteiger partial charge < -0.3 is 5.11 Å². The molecule has 0 heterocycles. The molecule has 0 aliphatic heterocycles. The smallest absolute Gasteiger partial charge is 0.243 e. The lowest BCUT2D eigenvalue weighted by molar-refractivity contribution is 0.101. The summed E-state index contributed by atoms with van der Waals surface area (Å²) in [7, 11) is -3.74. The molecule has 0 aliphatic rings. The van der Waals surface area contributed by atoms with E-state index in [1.165, 1.54) is 35.5 Å². The van der Waals surface area contributed by atoms with Crippen LogP contribution >= 0.6 is 0 Å². The maximum absolute atomic E-state index is 12.7. The van der Waals surface area contributed by atoms with E-state index in [1.807, 2.05) is 30.3 Å². The monoisotopic (exact) mass is 333 g/mol. The summed E-state index contributed by atoms with van der Waals surface area (Å²) in [4.78, 5) is 11.4. The molecule has 6 heteroatoms. The van der Waals surface area contributed by atoms with E-state index >= 15 is 0 Å². The van der Waals surface area contributed by atoms with Crippen LogP contribution in [0.2, 0.25) is 0 Å². The van der Waals surface area contributed by atoms with Crippen LogP contribution in [-0.2, 0) is 16.6 Å². The fraction of sp³-hybridized carbons (Fsp3) is 0.235. The normalized spacial score (nSPS) is 11.6. The van der Waals surface area contributed by atoms with Gasteiger partial charge in [0.15, 0.2) is 5.78 Å². The standard InChI is InChI=1S/C17H19NO4S/c1-14(20)16-7-9-17(10-8-16)23(21,22)18(11-12-19)13-15-5-3-2-4-6-15/h2-10,19H,11-13H2,1H3. The van der Waals surface area contributed by atoms with Crippen molar-refractivity contribution in [3.8, 4) is 0 Å². The van der Waals surface area contributed by atoms with E-state index < -0.39 is 10.0 Å². The zero-order valence-corrected chi connectivity index (χ0v) is 13.7. The highest BCUT2D eigenvalue weighted by molar-refractivity contribution is 7.89. The molecule has 122 valence electrons. The van der Waals surface area contributed by atoms with Gasteiger partial charge >= 0.3 is 0 Å². The van der Waals surface area contributed by atoms with Crippen molar-refractivity contribution in [3.63, 3.8) is 0 Å². The summed E-state index contributed by atoms with van der Waals surface area (Å²) in [6.45, 7) is 1.35. The molecule has 0 bridgehead atoms. The van der Waals surface area contributed by atoms with Crippen molar-refractivity contribution in [2.75, 3.05) is 13.2 Å². The van der Waals surface area contributed by atoms with Gasteiger partial charge in [0, 0.05) is 18.7 Å². The van der Waals surface area contributed by atoms with Crippen LogP contribution in [0.15, 0.2) is 59.5 Å². The van der Waals surface area contributed by atoms with Crippen molar-refractivity contribution < 1.29 is 18.3 Å². The van der Waals surface area contributed by atoms with Crippen LogP contribution in [0.4, 0.5) is 0 Å². The van der Waals surface area contributed by atoms with Gasteiger partial charge in [-0.05, 0) is 24.6 Å². The molecule has 0 aliphatic carbocycles. The van der Waals surface area contributed by atoms with E-state index in [1.54, 1.807) is 0 Å². The van der Waals surface area contributed by atoms with E-state index in [9.17, 15) is 18.3 Å². The number of sulfonamides is 1. The van der Waals surface area contributed by atoms with Gasteiger partial charge in [-0.1, -0.05) is 42.5 Å². The van der Waals surface area contributed by atoms with Gasteiger partial charge in [0.25, 0.3) is 0 Å². The van der Waals surface area contributed by atoms with Crippen molar-refractivity contribution in [2.24, 2.45) is 0 Å². The van der Waals surface area contributed by atoms with Gasteiger partial charge in [0.05, 0.1) is 11.5 Å². The summed E-state index contributed by atoms with van der Waals surface area (Å²) < 4.78 is 26.7. The molecule has 2 aromatic rings. The van der Waals surface area contributed by atoms with Gasteiger partial charge in [-0.3, -0.25) is 4.79 Å². The number of carbonyl (C=O) groups is 1. The van der Waals surface area contributed by atoms with E-state index in [0.29, 0.717) is 5.56 Å². The van der Waals surface area contributed by atoms with Crippen LogP contribution in [0.25, 0.3) is 0 Å². The molecular formula is C17H19NO4S. The Morgan fingerprint density at radius 2 is 1.65 bits per heavy atom. The SMILES string of the molecule is CC(=O)c1ccc(S(=O)(=O)N(CCO)Cc2ccccc2)cc1. The van der Waals surface area contributed by atoms with Gasteiger partial charge in [0.1, 0.15) is 0 Å². The molecule has 0 saturated carbocycles. The average molecular weight is 333 g/mol. The van der Waals surface area contributed by atoms with E-state index in [2.05, 4.69) is 0 Å². The third-order valence-electron chi connectivity index (χ3n) is 3.45. The van der Waals surface area contributed by atoms with E-state index in [-0.39, 0.29) is 30.4 Å². The molecule has 0 aromatic heterocycles. The molecule has 0 saturated heterocycles. The first kappa shape index (κ1) is 17.3. The number of aliphatic hydroxyl groups is 1. The topological polar surface area (TPSA) is 74.7 Å². The molecule has 0 atom stereocenters. The molecule has 1 N–H and O–H groups in total. The molecular weight excluding hydrogens is 314 g/mol. The number of benzene rings is 2. The zero-order valence-electron chi connectivity index (χ0n) is 12.8. The predicted octanol–water partition coefficient (Wildman–Crippen LogP) is 2.07. The van der Waals surface area contributed by atoms with Gasteiger partial charge in [-0.25, -0.2) is 8.42 Å².